The normalized spacial score (nSPS) is 32.6. The quantitative estimate of drug-likeness (QED) is 0.854. The number of carbonyl (C=O) groups is 1. The van der Waals surface area contributed by atoms with Crippen LogP contribution in [0.2, 0.25) is 0 Å². The average Bonchev–Trinajstić information content (AvgIpc) is 3.18. The molecule has 6 heteroatoms. The van der Waals surface area contributed by atoms with Crippen LogP contribution in [0.5, 0.6) is 0 Å². The third-order valence-electron chi connectivity index (χ3n) is 7.09. The Kier molecular flexibility index (Phi) is 5.99. The van der Waals surface area contributed by atoms with Crippen molar-refractivity contribution in [3.8, 4) is 0 Å². The Morgan fingerprint density at radius 3 is 2.54 bits per heavy atom. The van der Waals surface area contributed by atoms with Crippen LogP contribution in [0.25, 0.3) is 0 Å². The van der Waals surface area contributed by atoms with Gasteiger partial charge < -0.3 is 14.9 Å². The van der Waals surface area contributed by atoms with Gasteiger partial charge in [-0.15, -0.1) is 0 Å². The lowest BCUT2D eigenvalue weighted by Crippen LogP contribution is -2.49. The number of nitrogens with zero attached hydrogens (tertiary/aromatic N) is 4. The summed E-state index contributed by atoms with van der Waals surface area (Å²) in [7, 11) is 0. The lowest BCUT2D eigenvalue weighted by Gasteiger charge is -2.39. The zero-order valence-corrected chi connectivity index (χ0v) is 17.1. The number of aliphatic hydroxyl groups is 1. The summed E-state index contributed by atoms with van der Waals surface area (Å²) in [5.41, 5.74) is 0.0882. The number of pyridine rings is 1. The minimum absolute atomic E-state index is 0.203. The molecular weight excluding hydrogens is 352 g/mol. The summed E-state index contributed by atoms with van der Waals surface area (Å²) < 4.78 is 0. The Balaban J connectivity index is 1.23. The van der Waals surface area contributed by atoms with Gasteiger partial charge in [0.25, 0.3) is 0 Å². The molecule has 2 saturated heterocycles. The van der Waals surface area contributed by atoms with Gasteiger partial charge in [0.05, 0.1) is 5.69 Å². The molecule has 1 saturated carbocycles. The predicted molar refractivity (Wildman–Crippen MR) is 109 cm³/mol. The number of hydrogen-bond acceptors (Lipinski definition) is 5. The van der Waals surface area contributed by atoms with Crippen LogP contribution in [0.3, 0.4) is 0 Å². The third kappa shape index (κ3) is 4.39. The van der Waals surface area contributed by atoms with Crippen LogP contribution >= 0.6 is 0 Å². The van der Waals surface area contributed by atoms with E-state index in [0.29, 0.717) is 6.04 Å². The van der Waals surface area contributed by atoms with Gasteiger partial charge in [0.1, 0.15) is 5.60 Å². The van der Waals surface area contributed by atoms with Crippen molar-refractivity contribution in [3.05, 3.63) is 30.1 Å². The Hall–Kier alpha value is -1.50. The van der Waals surface area contributed by atoms with Crippen LogP contribution in [0.4, 0.5) is 0 Å². The summed E-state index contributed by atoms with van der Waals surface area (Å²) in [6, 6.07) is 6.43. The van der Waals surface area contributed by atoms with Gasteiger partial charge in [-0.25, -0.2) is 0 Å². The maximum absolute atomic E-state index is 11.5. The van der Waals surface area contributed by atoms with E-state index in [9.17, 15) is 9.90 Å². The number of hydrogen-bond donors (Lipinski definition) is 1. The average molecular weight is 387 g/mol. The molecule has 0 aromatic carbocycles. The molecular formula is C22H34N4O2. The highest BCUT2D eigenvalue weighted by Gasteiger charge is 2.39. The largest absolute Gasteiger partial charge is 0.384 e. The van der Waals surface area contributed by atoms with E-state index in [1.807, 2.05) is 23.1 Å². The van der Waals surface area contributed by atoms with E-state index in [1.54, 1.807) is 13.1 Å². The monoisotopic (exact) mass is 386 g/mol. The first kappa shape index (κ1) is 19.8. The van der Waals surface area contributed by atoms with Crippen molar-refractivity contribution < 1.29 is 9.90 Å². The SMILES string of the molecule is CC(=O)N1CCN(CC2CCN(C3CCC(O)(c4ccccn4)CC3)C2)CC1. The summed E-state index contributed by atoms with van der Waals surface area (Å²) in [5.74, 6) is 0.940. The molecule has 1 unspecified atom stereocenters. The number of carbonyl (C=O) groups excluding carboxylic acids is 1. The molecule has 1 aromatic heterocycles. The molecule has 1 amide bonds. The molecule has 0 bridgehead atoms. The molecule has 154 valence electrons. The van der Waals surface area contributed by atoms with Crippen molar-refractivity contribution in [2.24, 2.45) is 5.92 Å². The molecule has 1 aliphatic carbocycles. The summed E-state index contributed by atoms with van der Waals surface area (Å²) in [4.78, 5) is 23.0. The molecule has 0 spiro atoms. The highest BCUT2D eigenvalue weighted by molar-refractivity contribution is 5.73. The fraction of sp³-hybridized carbons (Fsp3) is 0.727. The maximum Gasteiger partial charge on any atom is 0.219 e. The van der Waals surface area contributed by atoms with Gasteiger partial charge in [0.2, 0.25) is 5.91 Å². The lowest BCUT2D eigenvalue weighted by atomic mass is 9.79. The highest BCUT2D eigenvalue weighted by Crippen LogP contribution is 2.38. The topological polar surface area (TPSA) is 59.9 Å². The lowest BCUT2D eigenvalue weighted by molar-refractivity contribution is -0.130. The molecule has 1 aromatic rings. The number of amides is 1. The molecule has 4 rings (SSSR count). The van der Waals surface area contributed by atoms with Gasteiger partial charge in [-0.3, -0.25) is 14.7 Å². The van der Waals surface area contributed by atoms with E-state index in [1.165, 1.54) is 19.5 Å². The Bertz CT molecular complexity index is 652. The maximum atomic E-state index is 11.5. The van der Waals surface area contributed by atoms with Gasteiger partial charge in [-0.2, -0.15) is 0 Å². The van der Waals surface area contributed by atoms with Crippen LogP contribution in [-0.4, -0.2) is 82.6 Å². The van der Waals surface area contributed by atoms with Crippen LogP contribution in [0.15, 0.2) is 24.4 Å². The van der Waals surface area contributed by atoms with Crippen LogP contribution in [0.1, 0.15) is 44.7 Å². The number of piperazine rings is 1. The van der Waals surface area contributed by atoms with Gasteiger partial charge >= 0.3 is 0 Å². The fourth-order valence-electron chi connectivity index (χ4n) is 5.29. The molecule has 3 fully saturated rings. The molecule has 6 nitrogen and oxygen atoms in total. The Labute approximate surface area is 168 Å². The second kappa shape index (κ2) is 8.47. The summed E-state index contributed by atoms with van der Waals surface area (Å²) >= 11 is 0. The standard InChI is InChI=1S/C22H34N4O2/c1-18(27)25-14-12-24(13-15-25)16-19-7-11-26(17-19)20-5-8-22(28,9-6-20)21-4-2-3-10-23-21/h2-4,10,19-20,28H,5-9,11-17H2,1H3. The highest BCUT2D eigenvalue weighted by atomic mass is 16.3. The zero-order valence-electron chi connectivity index (χ0n) is 17.1. The van der Waals surface area contributed by atoms with E-state index in [4.69, 9.17) is 0 Å². The number of aromatic nitrogens is 1. The number of likely N-dealkylation sites (tertiary alicyclic amines) is 1. The van der Waals surface area contributed by atoms with Crippen LogP contribution in [-0.2, 0) is 10.4 Å². The fourth-order valence-corrected chi connectivity index (χ4v) is 5.29. The van der Waals surface area contributed by atoms with Gasteiger partial charge in [0.15, 0.2) is 0 Å². The number of rotatable bonds is 4. The molecule has 3 heterocycles. The summed E-state index contributed by atoms with van der Waals surface area (Å²) in [6.07, 6.45) is 6.77. The Morgan fingerprint density at radius 1 is 1.14 bits per heavy atom. The van der Waals surface area contributed by atoms with Crippen LogP contribution in [0, 0.1) is 5.92 Å². The smallest absolute Gasteiger partial charge is 0.219 e. The van der Waals surface area contributed by atoms with Crippen LogP contribution < -0.4 is 0 Å². The molecule has 1 N–H and O–H groups in total. The molecule has 2 aliphatic heterocycles. The summed E-state index contributed by atoms with van der Waals surface area (Å²) in [5, 5.41) is 11.0. The minimum atomic E-state index is -0.743. The third-order valence-corrected chi connectivity index (χ3v) is 7.09. The van der Waals surface area contributed by atoms with E-state index in [-0.39, 0.29) is 5.91 Å². The van der Waals surface area contributed by atoms with E-state index in [0.717, 1.165) is 70.0 Å². The Morgan fingerprint density at radius 2 is 1.89 bits per heavy atom. The molecule has 1 atom stereocenters. The van der Waals surface area contributed by atoms with Crippen molar-refractivity contribution in [3.63, 3.8) is 0 Å². The van der Waals surface area contributed by atoms with Crippen molar-refractivity contribution in [1.29, 1.82) is 0 Å². The van der Waals surface area contributed by atoms with E-state index >= 15 is 0 Å². The minimum Gasteiger partial charge on any atom is -0.384 e. The van der Waals surface area contributed by atoms with Crippen molar-refractivity contribution in [2.75, 3.05) is 45.8 Å². The van der Waals surface area contributed by atoms with Gasteiger partial charge in [-0.1, -0.05) is 6.07 Å². The molecule has 3 aliphatic rings. The first-order valence-electron chi connectivity index (χ1n) is 10.9. The molecule has 0 radical (unpaired) electrons. The second-order valence-electron chi connectivity index (χ2n) is 8.93. The van der Waals surface area contributed by atoms with E-state index in [2.05, 4.69) is 14.8 Å². The zero-order chi connectivity index (χ0) is 19.6. The van der Waals surface area contributed by atoms with Crippen molar-refractivity contribution >= 4 is 5.91 Å². The first-order chi connectivity index (χ1) is 13.5. The second-order valence-corrected chi connectivity index (χ2v) is 8.93. The summed E-state index contributed by atoms with van der Waals surface area (Å²) in [6.45, 7) is 8.97. The van der Waals surface area contributed by atoms with Gasteiger partial charge in [0, 0.05) is 58.4 Å². The van der Waals surface area contributed by atoms with Gasteiger partial charge in [-0.05, 0) is 56.7 Å². The first-order valence-corrected chi connectivity index (χ1v) is 10.9. The van der Waals surface area contributed by atoms with Crippen molar-refractivity contribution in [2.45, 2.75) is 50.7 Å². The predicted octanol–water partition coefficient (Wildman–Crippen LogP) is 1.70. The van der Waals surface area contributed by atoms with Crippen molar-refractivity contribution in [1.82, 2.24) is 19.7 Å². The van der Waals surface area contributed by atoms with E-state index < -0.39 is 5.60 Å². The molecule has 28 heavy (non-hydrogen) atoms.